The maximum absolute atomic E-state index is 12.9. The summed E-state index contributed by atoms with van der Waals surface area (Å²) < 4.78 is 16.8. The molecule has 452 valence electrons. The van der Waals surface area contributed by atoms with Crippen LogP contribution in [-0.4, -0.2) is 37.2 Å². The van der Waals surface area contributed by atoms with Crippen LogP contribution in [0.1, 0.15) is 284 Å². The van der Waals surface area contributed by atoms with E-state index in [1.807, 2.05) is 6.08 Å². The van der Waals surface area contributed by atoms with Crippen LogP contribution in [0.15, 0.2) is 146 Å². The van der Waals surface area contributed by atoms with Crippen LogP contribution in [0.3, 0.4) is 0 Å². The van der Waals surface area contributed by atoms with Crippen molar-refractivity contribution >= 4 is 17.9 Å². The third-order valence-electron chi connectivity index (χ3n) is 13.6. The smallest absolute Gasteiger partial charge is 0.309 e. The lowest BCUT2D eigenvalue weighted by atomic mass is 10.0. The maximum atomic E-state index is 12.9. The molecule has 0 aliphatic rings. The Morgan fingerprint density at radius 3 is 0.875 bits per heavy atom. The number of unbranched alkanes of at least 4 members (excludes halogenated alkanes) is 24. The minimum Gasteiger partial charge on any atom is -0.462 e. The molecule has 6 heteroatoms. The first-order chi connectivity index (χ1) is 39.5. The van der Waals surface area contributed by atoms with Crippen molar-refractivity contribution in [3.63, 3.8) is 0 Å². The standard InChI is InChI=1S/C74H120O6/c1-4-7-10-13-16-19-22-25-28-30-31-32-33-34-35-36-37-38-39-40-41-42-43-44-47-49-52-55-58-61-64-67-73(76)79-70-71(69-78-72(75)66-63-60-57-54-51-48-45-27-24-21-18-15-12-9-6-3)80-74(77)68-65-62-59-56-53-50-46-29-26-23-20-17-14-11-8-5-2/h7,9-10,12,16,18-21,23,25,27-29,31-32,34-35,45-46,51,54,60,63,71H,4-6,8,11,13-15,17,22,24,26,30,33,36-44,47-50,52-53,55-59,61-62,64-70H2,1-3H3/b10-7-,12-9-,19-16-,21-18-,23-20-,28-25-,32-31-,35-34-,45-27-,46-29-,54-51-,63-60-. The Balaban J connectivity index is 4.33. The molecule has 1 atom stereocenters. The van der Waals surface area contributed by atoms with Gasteiger partial charge in [0.05, 0.1) is 6.42 Å². The van der Waals surface area contributed by atoms with E-state index in [4.69, 9.17) is 14.2 Å². The van der Waals surface area contributed by atoms with E-state index in [-0.39, 0.29) is 38.0 Å². The summed E-state index contributed by atoms with van der Waals surface area (Å²) in [7, 11) is 0. The first-order valence-electron chi connectivity index (χ1n) is 32.8. The molecule has 80 heavy (non-hydrogen) atoms. The average molecular weight is 1110 g/mol. The van der Waals surface area contributed by atoms with E-state index < -0.39 is 12.1 Å². The number of allylic oxidation sites excluding steroid dienone is 23. The van der Waals surface area contributed by atoms with Crippen molar-refractivity contribution in [1.29, 1.82) is 0 Å². The van der Waals surface area contributed by atoms with Crippen molar-refractivity contribution in [1.82, 2.24) is 0 Å². The Hall–Kier alpha value is -4.71. The van der Waals surface area contributed by atoms with Gasteiger partial charge in [-0.3, -0.25) is 14.4 Å². The van der Waals surface area contributed by atoms with Gasteiger partial charge in [-0.05, 0) is 122 Å². The summed E-state index contributed by atoms with van der Waals surface area (Å²) >= 11 is 0. The number of esters is 3. The van der Waals surface area contributed by atoms with Crippen molar-refractivity contribution < 1.29 is 28.6 Å². The topological polar surface area (TPSA) is 78.9 Å². The molecule has 1 unspecified atom stereocenters. The van der Waals surface area contributed by atoms with Gasteiger partial charge >= 0.3 is 17.9 Å². The molecule has 0 rings (SSSR count). The summed E-state index contributed by atoms with van der Waals surface area (Å²) in [6, 6.07) is 0. The van der Waals surface area contributed by atoms with E-state index in [1.165, 1.54) is 116 Å². The predicted molar refractivity (Wildman–Crippen MR) is 348 cm³/mol. The molecule has 0 aromatic rings. The van der Waals surface area contributed by atoms with E-state index in [0.717, 1.165) is 128 Å². The van der Waals surface area contributed by atoms with Crippen LogP contribution < -0.4 is 0 Å². The zero-order chi connectivity index (χ0) is 57.8. The second-order valence-electron chi connectivity index (χ2n) is 21.3. The van der Waals surface area contributed by atoms with Crippen LogP contribution >= 0.6 is 0 Å². The lowest BCUT2D eigenvalue weighted by molar-refractivity contribution is -0.166. The highest BCUT2D eigenvalue weighted by atomic mass is 16.6. The molecule has 0 heterocycles. The van der Waals surface area contributed by atoms with Crippen LogP contribution in [0.4, 0.5) is 0 Å². The van der Waals surface area contributed by atoms with Crippen molar-refractivity contribution in [2.24, 2.45) is 0 Å². The van der Waals surface area contributed by atoms with Gasteiger partial charge in [-0.1, -0.05) is 289 Å². The SMILES string of the molecule is CC/C=C\C/C=C\C/C=C\C/C=C\C/C=C\CCCCCCCCCCCCCCCCCC(=O)OCC(COC(=O)C/C=C\C/C=C\C/C=C\C/C=C\C/C=C\CC)OC(=O)CCCCCCC/C=C\C/C=C\CCCCCC. The minimum absolute atomic E-state index is 0.117. The Labute approximate surface area is 493 Å². The maximum Gasteiger partial charge on any atom is 0.309 e. The quantitative estimate of drug-likeness (QED) is 0.0261. The van der Waals surface area contributed by atoms with Crippen molar-refractivity contribution in [2.75, 3.05) is 13.2 Å². The van der Waals surface area contributed by atoms with Crippen LogP contribution in [0, 0.1) is 0 Å². The molecule has 0 aromatic heterocycles. The lowest BCUT2D eigenvalue weighted by Crippen LogP contribution is -2.30. The summed E-state index contributed by atoms with van der Waals surface area (Å²) in [6.07, 6.45) is 96.1. The van der Waals surface area contributed by atoms with Gasteiger partial charge in [0.1, 0.15) is 13.2 Å². The van der Waals surface area contributed by atoms with E-state index >= 15 is 0 Å². The van der Waals surface area contributed by atoms with Gasteiger partial charge in [-0.25, -0.2) is 0 Å². The highest BCUT2D eigenvalue weighted by Gasteiger charge is 2.19. The molecule has 0 spiro atoms. The molecule has 0 fully saturated rings. The van der Waals surface area contributed by atoms with Crippen molar-refractivity contribution in [3.8, 4) is 0 Å². The number of rotatable bonds is 58. The molecule has 0 amide bonds. The van der Waals surface area contributed by atoms with Crippen LogP contribution in [0.25, 0.3) is 0 Å². The van der Waals surface area contributed by atoms with Gasteiger partial charge in [-0.2, -0.15) is 0 Å². The summed E-state index contributed by atoms with van der Waals surface area (Å²) in [6.45, 7) is 6.30. The number of carbonyl (C=O) groups excluding carboxylic acids is 3. The van der Waals surface area contributed by atoms with Crippen LogP contribution in [-0.2, 0) is 28.6 Å². The molecule has 0 aromatic carbocycles. The molecule has 0 saturated carbocycles. The number of hydrogen-bond donors (Lipinski definition) is 0. The number of ether oxygens (including phenoxy) is 3. The van der Waals surface area contributed by atoms with Gasteiger partial charge in [0.25, 0.3) is 0 Å². The van der Waals surface area contributed by atoms with Gasteiger partial charge in [0.2, 0.25) is 0 Å². The Morgan fingerprint density at radius 2 is 0.537 bits per heavy atom. The van der Waals surface area contributed by atoms with E-state index in [1.54, 1.807) is 6.08 Å². The van der Waals surface area contributed by atoms with E-state index in [2.05, 4.69) is 154 Å². The Kier molecular flexibility index (Phi) is 62.9. The monoisotopic (exact) mass is 1100 g/mol. The molecular formula is C74H120O6. The molecule has 0 aliphatic carbocycles. The lowest BCUT2D eigenvalue weighted by Gasteiger charge is -2.18. The Morgan fingerprint density at radius 1 is 0.275 bits per heavy atom. The average Bonchev–Trinajstić information content (AvgIpc) is 3.46. The third kappa shape index (κ3) is 64.1. The van der Waals surface area contributed by atoms with Crippen molar-refractivity contribution in [3.05, 3.63) is 146 Å². The zero-order valence-electron chi connectivity index (χ0n) is 51.8. The highest BCUT2D eigenvalue weighted by molar-refractivity contribution is 5.72. The molecule has 0 aliphatic heterocycles. The normalized spacial score (nSPS) is 13.1. The van der Waals surface area contributed by atoms with E-state index in [0.29, 0.717) is 6.42 Å². The molecule has 0 radical (unpaired) electrons. The van der Waals surface area contributed by atoms with Crippen LogP contribution in [0.5, 0.6) is 0 Å². The van der Waals surface area contributed by atoms with Gasteiger partial charge in [-0.15, -0.1) is 0 Å². The van der Waals surface area contributed by atoms with E-state index in [9.17, 15) is 14.4 Å². The second kappa shape index (κ2) is 66.8. The zero-order valence-corrected chi connectivity index (χ0v) is 51.8. The molecule has 0 bridgehead atoms. The molecule has 6 nitrogen and oxygen atoms in total. The first kappa shape index (κ1) is 75.3. The first-order valence-corrected chi connectivity index (χ1v) is 32.8. The minimum atomic E-state index is -0.831. The molecule has 0 N–H and O–H groups in total. The fraction of sp³-hybridized carbons (Fsp3) is 0.635. The fourth-order valence-corrected chi connectivity index (χ4v) is 8.75. The van der Waals surface area contributed by atoms with Gasteiger partial charge in [0.15, 0.2) is 6.10 Å². The van der Waals surface area contributed by atoms with Crippen LogP contribution in [0.2, 0.25) is 0 Å². The highest BCUT2D eigenvalue weighted by Crippen LogP contribution is 2.16. The molecular weight excluding hydrogens is 985 g/mol. The summed E-state index contributed by atoms with van der Waals surface area (Å²) in [5.74, 6) is -1.06. The predicted octanol–water partition coefficient (Wildman–Crippen LogP) is 22.7. The number of carbonyl (C=O) groups is 3. The van der Waals surface area contributed by atoms with Crippen molar-refractivity contribution in [2.45, 2.75) is 290 Å². The summed E-state index contributed by atoms with van der Waals surface area (Å²) in [5.41, 5.74) is 0. The summed E-state index contributed by atoms with van der Waals surface area (Å²) in [4.78, 5) is 38.2. The van der Waals surface area contributed by atoms with Gasteiger partial charge < -0.3 is 14.2 Å². The van der Waals surface area contributed by atoms with Gasteiger partial charge in [0, 0.05) is 12.8 Å². The Bertz CT molecular complexity index is 1750. The fourth-order valence-electron chi connectivity index (χ4n) is 8.75. The second-order valence-corrected chi connectivity index (χ2v) is 21.3. The third-order valence-corrected chi connectivity index (χ3v) is 13.6. The number of hydrogen-bond acceptors (Lipinski definition) is 6. The largest absolute Gasteiger partial charge is 0.462 e. The molecule has 0 saturated heterocycles. The summed E-state index contributed by atoms with van der Waals surface area (Å²) in [5, 5.41) is 0.